The summed E-state index contributed by atoms with van der Waals surface area (Å²) in [5.74, 6) is 0. The molecular formula is C16H36O4. The van der Waals surface area contributed by atoms with Gasteiger partial charge in [0.15, 0.2) is 0 Å². The minimum atomic E-state index is -0.222. The Morgan fingerprint density at radius 1 is 0.550 bits per heavy atom. The first-order valence-corrected chi connectivity index (χ1v) is 7.92. The SMILES string of the molecule is CCC(CC)(CO)CO.CCCC(CO)(CO)CCC. The lowest BCUT2D eigenvalue weighted by Crippen LogP contribution is -2.29. The summed E-state index contributed by atoms with van der Waals surface area (Å²) in [5.41, 5.74) is -0.427. The summed E-state index contributed by atoms with van der Waals surface area (Å²) in [5, 5.41) is 35.8. The van der Waals surface area contributed by atoms with Crippen LogP contribution >= 0.6 is 0 Å². The minimum absolute atomic E-state index is 0.0938. The van der Waals surface area contributed by atoms with Crippen LogP contribution in [-0.2, 0) is 0 Å². The quantitative estimate of drug-likeness (QED) is 0.498. The van der Waals surface area contributed by atoms with Crippen molar-refractivity contribution in [1.82, 2.24) is 0 Å². The Morgan fingerprint density at radius 3 is 0.950 bits per heavy atom. The standard InChI is InChI=1S/C9H20O2.C7H16O2/c1-3-5-9(7-10,8-11)6-4-2;1-3-7(4-2,5-8)6-9/h10-11H,3-8H2,1-2H3;8-9H,3-6H2,1-2H3. The van der Waals surface area contributed by atoms with E-state index in [-0.39, 0.29) is 37.3 Å². The normalized spacial score (nSPS) is 12.0. The van der Waals surface area contributed by atoms with Crippen LogP contribution in [0.1, 0.15) is 66.2 Å². The van der Waals surface area contributed by atoms with Crippen molar-refractivity contribution in [2.75, 3.05) is 26.4 Å². The van der Waals surface area contributed by atoms with Gasteiger partial charge in [0.1, 0.15) is 0 Å². The fraction of sp³-hybridized carbons (Fsp3) is 1.00. The van der Waals surface area contributed by atoms with Gasteiger partial charge in [0.25, 0.3) is 0 Å². The smallest absolute Gasteiger partial charge is 0.0509 e. The number of hydrogen-bond donors (Lipinski definition) is 4. The lowest BCUT2D eigenvalue weighted by molar-refractivity contribution is 0.0385. The van der Waals surface area contributed by atoms with Crippen LogP contribution in [0, 0.1) is 10.8 Å². The second-order valence-corrected chi connectivity index (χ2v) is 5.84. The molecule has 0 aromatic heterocycles. The van der Waals surface area contributed by atoms with Crippen LogP contribution < -0.4 is 0 Å². The van der Waals surface area contributed by atoms with Crippen molar-refractivity contribution in [3.63, 3.8) is 0 Å². The van der Waals surface area contributed by atoms with Gasteiger partial charge >= 0.3 is 0 Å². The first-order chi connectivity index (χ1) is 9.49. The Balaban J connectivity index is 0. The minimum Gasteiger partial charge on any atom is -0.396 e. The molecule has 0 fully saturated rings. The van der Waals surface area contributed by atoms with Gasteiger partial charge in [-0.3, -0.25) is 0 Å². The average Bonchev–Trinajstić information content (AvgIpc) is 2.50. The molecule has 4 nitrogen and oxygen atoms in total. The summed E-state index contributed by atoms with van der Waals surface area (Å²) in [4.78, 5) is 0. The topological polar surface area (TPSA) is 80.9 Å². The van der Waals surface area contributed by atoms with E-state index in [1.54, 1.807) is 0 Å². The van der Waals surface area contributed by atoms with Crippen molar-refractivity contribution in [2.24, 2.45) is 10.8 Å². The molecule has 0 aliphatic rings. The molecule has 0 aliphatic heterocycles. The van der Waals surface area contributed by atoms with Gasteiger partial charge in [-0.05, 0) is 25.7 Å². The molecule has 0 radical (unpaired) electrons. The molecule has 0 aromatic carbocycles. The molecule has 0 saturated heterocycles. The molecule has 0 amide bonds. The zero-order chi connectivity index (χ0) is 16.1. The summed E-state index contributed by atoms with van der Waals surface area (Å²) >= 11 is 0. The van der Waals surface area contributed by atoms with Crippen LogP contribution in [0.4, 0.5) is 0 Å². The summed E-state index contributed by atoms with van der Waals surface area (Å²) in [6.45, 7) is 8.54. The average molecular weight is 292 g/mol. The summed E-state index contributed by atoms with van der Waals surface area (Å²) in [7, 11) is 0. The second-order valence-electron chi connectivity index (χ2n) is 5.84. The molecule has 0 heterocycles. The Kier molecular flexibility index (Phi) is 13.9. The van der Waals surface area contributed by atoms with Crippen molar-refractivity contribution in [3.05, 3.63) is 0 Å². The Morgan fingerprint density at radius 2 is 0.850 bits per heavy atom. The lowest BCUT2D eigenvalue weighted by atomic mass is 9.81. The monoisotopic (exact) mass is 292 g/mol. The van der Waals surface area contributed by atoms with E-state index < -0.39 is 0 Å². The Bertz CT molecular complexity index is 173. The van der Waals surface area contributed by atoms with E-state index in [4.69, 9.17) is 20.4 Å². The number of hydrogen-bond acceptors (Lipinski definition) is 4. The molecule has 124 valence electrons. The maximum atomic E-state index is 9.08. The van der Waals surface area contributed by atoms with Gasteiger partial charge in [0.05, 0.1) is 26.4 Å². The predicted octanol–water partition coefficient (Wildman–Crippen LogP) is 2.33. The molecule has 0 spiro atoms. The van der Waals surface area contributed by atoms with Crippen molar-refractivity contribution in [3.8, 4) is 0 Å². The first-order valence-electron chi connectivity index (χ1n) is 7.92. The zero-order valence-corrected chi connectivity index (χ0v) is 13.9. The van der Waals surface area contributed by atoms with E-state index in [0.717, 1.165) is 38.5 Å². The third-order valence-corrected chi connectivity index (χ3v) is 4.40. The van der Waals surface area contributed by atoms with E-state index in [1.165, 1.54) is 0 Å². The van der Waals surface area contributed by atoms with Gasteiger partial charge in [-0.15, -0.1) is 0 Å². The third-order valence-electron chi connectivity index (χ3n) is 4.40. The molecule has 0 aromatic rings. The summed E-state index contributed by atoms with van der Waals surface area (Å²) in [6.07, 6.45) is 5.59. The van der Waals surface area contributed by atoms with E-state index in [9.17, 15) is 0 Å². The second kappa shape index (κ2) is 12.6. The highest BCUT2D eigenvalue weighted by Gasteiger charge is 2.26. The van der Waals surface area contributed by atoms with Gasteiger partial charge < -0.3 is 20.4 Å². The maximum Gasteiger partial charge on any atom is 0.0509 e. The van der Waals surface area contributed by atoms with Gasteiger partial charge in [0, 0.05) is 10.8 Å². The Labute approximate surface area is 124 Å². The van der Waals surface area contributed by atoms with Crippen molar-refractivity contribution in [2.45, 2.75) is 66.2 Å². The highest BCUT2D eigenvalue weighted by molar-refractivity contribution is 4.76. The van der Waals surface area contributed by atoms with Crippen molar-refractivity contribution < 1.29 is 20.4 Å². The van der Waals surface area contributed by atoms with Gasteiger partial charge in [-0.25, -0.2) is 0 Å². The van der Waals surface area contributed by atoms with Gasteiger partial charge in [0.2, 0.25) is 0 Å². The van der Waals surface area contributed by atoms with Crippen molar-refractivity contribution >= 4 is 0 Å². The molecular weight excluding hydrogens is 256 g/mol. The molecule has 4 N–H and O–H groups in total. The van der Waals surface area contributed by atoms with Crippen molar-refractivity contribution in [1.29, 1.82) is 0 Å². The maximum absolute atomic E-state index is 9.08. The van der Waals surface area contributed by atoms with E-state index in [0.29, 0.717) is 0 Å². The molecule has 0 bridgehead atoms. The Hall–Kier alpha value is -0.160. The largest absolute Gasteiger partial charge is 0.396 e. The fourth-order valence-electron chi connectivity index (χ4n) is 2.30. The first kappa shape index (κ1) is 22.1. The predicted molar refractivity (Wildman–Crippen MR) is 83.6 cm³/mol. The van der Waals surface area contributed by atoms with E-state index >= 15 is 0 Å². The summed E-state index contributed by atoms with van der Waals surface area (Å²) < 4.78 is 0. The molecule has 4 heteroatoms. The molecule has 20 heavy (non-hydrogen) atoms. The van der Waals surface area contributed by atoms with E-state index in [1.807, 2.05) is 13.8 Å². The van der Waals surface area contributed by atoms with E-state index in [2.05, 4.69) is 13.8 Å². The third kappa shape index (κ3) is 7.58. The molecule has 0 unspecified atom stereocenters. The summed E-state index contributed by atoms with van der Waals surface area (Å²) in [6, 6.07) is 0. The number of rotatable bonds is 10. The highest BCUT2D eigenvalue weighted by atomic mass is 16.3. The fourth-order valence-corrected chi connectivity index (χ4v) is 2.30. The van der Waals surface area contributed by atoms with Crippen LogP contribution in [0.2, 0.25) is 0 Å². The van der Waals surface area contributed by atoms with Crippen LogP contribution in [0.5, 0.6) is 0 Å². The van der Waals surface area contributed by atoms with Gasteiger partial charge in [-0.2, -0.15) is 0 Å². The molecule has 0 aliphatic carbocycles. The molecule has 0 saturated carbocycles. The number of aliphatic hydroxyl groups is 4. The lowest BCUT2D eigenvalue weighted by Gasteiger charge is -2.28. The van der Waals surface area contributed by atoms with Crippen LogP contribution in [0.15, 0.2) is 0 Å². The molecule has 0 rings (SSSR count). The van der Waals surface area contributed by atoms with Crippen LogP contribution in [0.25, 0.3) is 0 Å². The highest BCUT2D eigenvalue weighted by Crippen LogP contribution is 2.28. The van der Waals surface area contributed by atoms with Gasteiger partial charge in [-0.1, -0.05) is 40.5 Å². The molecule has 0 atom stereocenters. The van der Waals surface area contributed by atoms with Crippen LogP contribution in [0.3, 0.4) is 0 Å². The number of aliphatic hydroxyl groups excluding tert-OH is 4. The van der Waals surface area contributed by atoms with Crippen LogP contribution in [-0.4, -0.2) is 46.9 Å². The zero-order valence-electron chi connectivity index (χ0n) is 13.9.